The highest BCUT2D eigenvalue weighted by atomic mass is 35.7. The number of rotatable bonds is 4. The van der Waals surface area contributed by atoms with E-state index in [0.717, 1.165) is 5.56 Å². The molecule has 7 heteroatoms. The molecule has 1 aromatic heterocycles. The van der Waals surface area contributed by atoms with Crippen molar-refractivity contribution < 1.29 is 17.9 Å². The van der Waals surface area contributed by atoms with Gasteiger partial charge in [0.05, 0.1) is 7.11 Å². The van der Waals surface area contributed by atoms with E-state index in [-0.39, 0.29) is 10.8 Å². The van der Waals surface area contributed by atoms with E-state index in [9.17, 15) is 8.42 Å². The normalized spacial score (nSPS) is 11.2. The number of pyridine rings is 1. The Morgan fingerprint density at radius 3 is 2.60 bits per heavy atom. The van der Waals surface area contributed by atoms with Crippen LogP contribution in [0.1, 0.15) is 5.56 Å². The lowest BCUT2D eigenvalue weighted by molar-refractivity contribution is 0.370. The zero-order valence-electron chi connectivity index (χ0n) is 10.8. The fourth-order valence-electron chi connectivity index (χ4n) is 1.60. The third-order valence-corrected chi connectivity index (χ3v) is 3.86. The number of hydrogen-bond donors (Lipinski definition) is 0. The summed E-state index contributed by atoms with van der Waals surface area (Å²) in [7, 11) is 2.91. The van der Waals surface area contributed by atoms with Gasteiger partial charge in [-0.2, -0.15) is 0 Å². The van der Waals surface area contributed by atoms with E-state index in [4.69, 9.17) is 20.2 Å². The van der Waals surface area contributed by atoms with Crippen LogP contribution in [0.15, 0.2) is 41.4 Å². The molecule has 0 aliphatic rings. The number of halogens is 1. The van der Waals surface area contributed by atoms with E-state index >= 15 is 0 Å². The van der Waals surface area contributed by atoms with Crippen molar-refractivity contribution in [2.75, 3.05) is 7.11 Å². The lowest BCUT2D eigenvalue weighted by Crippen LogP contribution is -1.99. The van der Waals surface area contributed by atoms with Gasteiger partial charge in [0.15, 0.2) is 11.5 Å². The molecule has 0 aliphatic heterocycles. The first-order valence-corrected chi connectivity index (χ1v) is 7.95. The summed E-state index contributed by atoms with van der Waals surface area (Å²) in [4.78, 5) is 3.71. The minimum atomic E-state index is -3.94. The molecule has 1 aromatic carbocycles. The van der Waals surface area contributed by atoms with Gasteiger partial charge in [-0.15, -0.1) is 0 Å². The van der Waals surface area contributed by atoms with Crippen molar-refractivity contribution in [3.05, 3.63) is 42.1 Å². The number of methoxy groups -OCH3 is 1. The number of aryl methyl sites for hydroxylation is 1. The van der Waals surface area contributed by atoms with Crippen LogP contribution in [0.3, 0.4) is 0 Å². The number of ether oxygens (including phenoxy) is 2. The highest BCUT2D eigenvalue weighted by molar-refractivity contribution is 8.13. The number of nitrogens with zero attached hydrogens (tertiary/aromatic N) is 1. The topological polar surface area (TPSA) is 65.5 Å². The molecule has 5 nitrogen and oxygen atoms in total. The van der Waals surface area contributed by atoms with Gasteiger partial charge in [0, 0.05) is 16.9 Å². The minimum absolute atomic E-state index is 0.0929. The summed E-state index contributed by atoms with van der Waals surface area (Å²) < 4.78 is 33.6. The first-order chi connectivity index (χ1) is 9.41. The van der Waals surface area contributed by atoms with Crippen LogP contribution in [0, 0.1) is 6.92 Å². The Hall–Kier alpha value is -1.79. The molecule has 1 heterocycles. The fraction of sp³-hybridized carbons (Fsp3) is 0.154. The van der Waals surface area contributed by atoms with E-state index in [2.05, 4.69) is 4.98 Å². The molecule has 0 radical (unpaired) electrons. The standard InChI is InChI=1S/C13H12ClNO4S/c1-9-5-6-10(11(8-9)18-2)19-13-12(20(14,16)17)4-3-7-15-13/h3-8H,1-2H3. The van der Waals surface area contributed by atoms with Crippen LogP contribution < -0.4 is 9.47 Å². The zero-order chi connectivity index (χ0) is 14.8. The summed E-state index contributed by atoms with van der Waals surface area (Å²) in [5.41, 5.74) is 0.986. The van der Waals surface area contributed by atoms with E-state index in [1.807, 2.05) is 13.0 Å². The Morgan fingerprint density at radius 2 is 1.95 bits per heavy atom. The maximum Gasteiger partial charge on any atom is 0.266 e. The van der Waals surface area contributed by atoms with Gasteiger partial charge in [-0.3, -0.25) is 0 Å². The van der Waals surface area contributed by atoms with E-state index in [1.54, 1.807) is 12.1 Å². The van der Waals surface area contributed by atoms with Crippen LogP contribution >= 0.6 is 10.7 Å². The highest BCUT2D eigenvalue weighted by Gasteiger charge is 2.19. The summed E-state index contributed by atoms with van der Waals surface area (Å²) in [6.45, 7) is 1.90. The largest absolute Gasteiger partial charge is 0.493 e. The smallest absolute Gasteiger partial charge is 0.266 e. The molecule has 0 saturated heterocycles. The zero-order valence-corrected chi connectivity index (χ0v) is 12.4. The molecule has 0 amide bonds. The predicted molar refractivity (Wildman–Crippen MR) is 75.1 cm³/mol. The molecule has 0 N–H and O–H groups in total. The van der Waals surface area contributed by atoms with Gasteiger partial charge in [0.2, 0.25) is 5.88 Å². The maximum atomic E-state index is 11.5. The van der Waals surface area contributed by atoms with Gasteiger partial charge < -0.3 is 9.47 Å². The summed E-state index contributed by atoms with van der Waals surface area (Å²) >= 11 is 0. The molecular formula is C13H12ClNO4S. The van der Waals surface area contributed by atoms with E-state index in [1.165, 1.54) is 25.4 Å². The summed E-state index contributed by atoms with van der Waals surface area (Å²) in [5.74, 6) is 0.747. The van der Waals surface area contributed by atoms with Gasteiger partial charge in [-0.05, 0) is 36.8 Å². The Kier molecular flexibility index (Phi) is 4.15. The van der Waals surface area contributed by atoms with Crippen molar-refractivity contribution in [1.82, 2.24) is 4.98 Å². The molecule has 2 rings (SSSR count). The van der Waals surface area contributed by atoms with Crippen molar-refractivity contribution >= 4 is 19.7 Å². The molecule has 20 heavy (non-hydrogen) atoms. The van der Waals surface area contributed by atoms with Crippen LogP contribution in [0.4, 0.5) is 0 Å². The third-order valence-electron chi connectivity index (χ3n) is 2.52. The highest BCUT2D eigenvalue weighted by Crippen LogP contribution is 2.34. The lowest BCUT2D eigenvalue weighted by Gasteiger charge is -2.11. The first kappa shape index (κ1) is 14.6. The molecule has 0 atom stereocenters. The van der Waals surface area contributed by atoms with E-state index in [0.29, 0.717) is 11.5 Å². The van der Waals surface area contributed by atoms with Crippen LogP contribution in [0.2, 0.25) is 0 Å². The van der Waals surface area contributed by atoms with Crippen LogP contribution in [-0.2, 0) is 9.05 Å². The van der Waals surface area contributed by atoms with Crippen molar-refractivity contribution in [2.45, 2.75) is 11.8 Å². The Bertz CT molecular complexity index is 731. The van der Waals surface area contributed by atoms with E-state index < -0.39 is 9.05 Å². The van der Waals surface area contributed by atoms with Crippen LogP contribution in [-0.4, -0.2) is 20.5 Å². The Balaban J connectivity index is 2.46. The summed E-state index contributed by atoms with van der Waals surface area (Å²) in [6, 6.07) is 8.05. The monoisotopic (exact) mass is 313 g/mol. The number of aromatic nitrogens is 1. The van der Waals surface area contributed by atoms with Gasteiger partial charge in [-0.1, -0.05) is 6.07 Å². The second kappa shape index (κ2) is 5.68. The lowest BCUT2D eigenvalue weighted by atomic mass is 10.2. The second-order valence-corrected chi connectivity index (χ2v) is 6.54. The maximum absolute atomic E-state index is 11.5. The predicted octanol–water partition coefficient (Wildman–Crippen LogP) is 3.12. The van der Waals surface area contributed by atoms with Crippen molar-refractivity contribution in [2.24, 2.45) is 0 Å². The molecule has 2 aromatic rings. The van der Waals surface area contributed by atoms with Gasteiger partial charge >= 0.3 is 0 Å². The molecule has 0 fully saturated rings. The molecular weight excluding hydrogens is 302 g/mol. The SMILES string of the molecule is COc1cc(C)ccc1Oc1ncccc1S(=O)(=O)Cl. The molecule has 0 bridgehead atoms. The molecule has 0 spiro atoms. The van der Waals surface area contributed by atoms with Gasteiger partial charge in [0.25, 0.3) is 9.05 Å². The third kappa shape index (κ3) is 3.20. The summed E-state index contributed by atoms with van der Waals surface area (Å²) in [6.07, 6.45) is 1.42. The van der Waals surface area contributed by atoms with Crippen molar-refractivity contribution in [3.63, 3.8) is 0 Å². The molecule has 0 aliphatic carbocycles. The number of benzene rings is 1. The van der Waals surface area contributed by atoms with Gasteiger partial charge in [-0.25, -0.2) is 13.4 Å². The second-order valence-electron chi connectivity index (χ2n) is 4.00. The molecule has 0 saturated carbocycles. The van der Waals surface area contributed by atoms with Crippen LogP contribution in [0.5, 0.6) is 17.4 Å². The van der Waals surface area contributed by atoms with Gasteiger partial charge in [0.1, 0.15) is 4.90 Å². The fourth-order valence-corrected chi connectivity index (χ4v) is 2.50. The first-order valence-electron chi connectivity index (χ1n) is 5.64. The minimum Gasteiger partial charge on any atom is -0.493 e. The molecule has 106 valence electrons. The average molecular weight is 314 g/mol. The summed E-state index contributed by atoms with van der Waals surface area (Å²) in [5, 5.41) is 0. The van der Waals surface area contributed by atoms with Crippen LogP contribution in [0.25, 0.3) is 0 Å². The Morgan fingerprint density at radius 1 is 1.20 bits per heavy atom. The molecule has 0 unspecified atom stereocenters. The average Bonchev–Trinajstić information content (AvgIpc) is 2.40. The Labute approximate surface area is 121 Å². The van der Waals surface area contributed by atoms with Crippen molar-refractivity contribution in [1.29, 1.82) is 0 Å². The number of hydrogen-bond acceptors (Lipinski definition) is 5. The quantitative estimate of drug-likeness (QED) is 0.811. The van der Waals surface area contributed by atoms with Crippen molar-refractivity contribution in [3.8, 4) is 17.4 Å².